The molecule has 4 fully saturated rings. The van der Waals surface area contributed by atoms with Gasteiger partial charge in [-0.1, -0.05) is 18.2 Å². The van der Waals surface area contributed by atoms with Crippen molar-refractivity contribution in [3.8, 4) is 11.5 Å². The maximum absolute atomic E-state index is 13.9. The summed E-state index contributed by atoms with van der Waals surface area (Å²) in [5.41, 5.74) is 2.03. The van der Waals surface area contributed by atoms with Crippen LogP contribution in [0.25, 0.3) is 0 Å². The molecule has 0 radical (unpaired) electrons. The number of ether oxygens (including phenoxy) is 2. The van der Waals surface area contributed by atoms with Crippen LogP contribution in [0.4, 0.5) is 4.39 Å². The third-order valence-electron chi connectivity index (χ3n) is 7.32. The Morgan fingerprint density at radius 2 is 1.71 bits per heavy atom. The van der Waals surface area contributed by atoms with Gasteiger partial charge in [0.25, 0.3) is 0 Å². The summed E-state index contributed by atoms with van der Waals surface area (Å²) in [5, 5.41) is 3.94. The molecule has 0 atom stereocenters. The molecule has 6 rings (SSSR count). The van der Waals surface area contributed by atoms with Crippen molar-refractivity contribution in [2.24, 2.45) is 17.8 Å². The Balaban J connectivity index is 0.00000231. The van der Waals surface area contributed by atoms with Gasteiger partial charge >= 0.3 is 0 Å². The normalized spacial score (nSPS) is 28.3. The second kappa shape index (κ2) is 9.29. The van der Waals surface area contributed by atoms with E-state index in [1.54, 1.807) is 19.2 Å². The molecule has 4 aliphatic rings. The van der Waals surface area contributed by atoms with Crippen molar-refractivity contribution in [2.75, 3.05) is 7.11 Å². The fraction of sp³-hybridized carbons (Fsp3) is 0.520. The minimum atomic E-state index is -0.260. The lowest BCUT2D eigenvalue weighted by Crippen LogP contribution is -2.58. The molecule has 0 unspecified atom stereocenters. The molecule has 168 valence electrons. The summed E-state index contributed by atoms with van der Waals surface area (Å²) < 4.78 is 26.3. The molecule has 1 N–H and O–H groups in total. The summed E-state index contributed by atoms with van der Waals surface area (Å²) in [7, 11) is 1.65. The van der Waals surface area contributed by atoms with Crippen LogP contribution in [-0.4, -0.2) is 12.6 Å². The first-order chi connectivity index (χ1) is 14.5. The van der Waals surface area contributed by atoms with E-state index in [0.29, 0.717) is 22.6 Å². The molecule has 0 amide bonds. The number of hydrogen-bond donors (Lipinski definition) is 1. The first-order valence-electron chi connectivity index (χ1n) is 11.0. The van der Waals surface area contributed by atoms with E-state index in [1.165, 1.54) is 50.2 Å². The quantitative estimate of drug-likeness (QED) is 0.452. The van der Waals surface area contributed by atoms with Crippen LogP contribution < -0.4 is 14.8 Å². The van der Waals surface area contributed by atoms with Crippen LogP contribution in [0, 0.1) is 23.6 Å². The predicted octanol–water partition coefficient (Wildman–Crippen LogP) is 6.66. The van der Waals surface area contributed by atoms with Crippen LogP contribution in [0.2, 0.25) is 0 Å². The summed E-state index contributed by atoms with van der Waals surface area (Å²) in [4.78, 5) is 0. The van der Waals surface area contributed by atoms with E-state index in [0.717, 1.165) is 28.8 Å². The first-order valence-corrected chi connectivity index (χ1v) is 11.8. The largest absolute Gasteiger partial charge is 0.493 e. The highest BCUT2D eigenvalue weighted by Crippen LogP contribution is 2.55. The highest BCUT2D eigenvalue weighted by atomic mass is 79.9. The Morgan fingerprint density at radius 1 is 1.06 bits per heavy atom. The summed E-state index contributed by atoms with van der Waals surface area (Å²) in [6, 6.07) is 10.8. The van der Waals surface area contributed by atoms with Crippen LogP contribution in [-0.2, 0) is 13.2 Å². The maximum Gasteiger partial charge on any atom is 0.175 e. The van der Waals surface area contributed by atoms with Crippen LogP contribution in [0.3, 0.4) is 0 Å². The number of rotatable bonds is 7. The lowest BCUT2D eigenvalue weighted by atomic mass is 9.53. The molecule has 31 heavy (non-hydrogen) atoms. The van der Waals surface area contributed by atoms with Gasteiger partial charge in [0.1, 0.15) is 12.4 Å². The molecular weight excluding hydrogens is 481 g/mol. The number of halogens is 3. The second-order valence-electron chi connectivity index (χ2n) is 9.54. The van der Waals surface area contributed by atoms with Gasteiger partial charge in [-0.25, -0.2) is 4.39 Å². The molecule has 0 aliphatic heterocycles. The fourth-order valence-corrected chi connectivity index (χ4v) is 7.00. The zero-order valence-corrected chi connectivity index (χ0v) is 20.2. The predicted molar refractivity (Wildman–Crippen MR) is 126 cm³/mol. The highest BCUT2D eigenvalue weighted by Gasteiger charge is 2.50. The fourth-order valence-electron chi connectivity index (χ4n) is 6.40. The van der Waals surface area contributed by atoms with E-state index in [1.807, 2.05) is 12.1 Å². The molecule has 4 aliphatic carbocycles. The van der Waals surface area contributed by atoms with Crippen LogP contribution in [0.15, 0.2) is 40.9 Å². The molecule has 4 bridgehead atoms. The zero-order valence-electron chi connectivity index (χ0n) is 17.8. The minimum Gasteiger partial charge on any atom is -0.493 e. The number of methoxy groups -OCH3 is 1. The van der Waals surface area contributed by atoms with E-state index in [4.69, 9.17) is 9.47 Å². The van der Waals surface area contributed by atoms with Gasteiger partial charge in [0.2, 0.25) is 0 Å². The van der Waals surface area contributed by atoms with Crippen LogP contribution in [0.1, 0.15) is 49.7 Å². The van der Waals surface area contributed by atoms with Gasteiger partial charge in [-0.05, 0) is 96.0 Å². The molecule has 2 aromatic rings. The van der Waals surface area contributed by atoms with E-state index >= 15 is 0 Å². The molecule has 2 aromatic carbocycles. The summed E-state index contributed by atoms with van der Waals surface area (Å²) in [6.07, 6.45) is 8.36. The van der Waals surface area contributed by atoms with Crippen molar-refractivity contribution in [1.29, 1.82) is 0 Å². The molecule has 0 heterocycles. The van der Waals surface area contributed by atoms with E-state index < -0.39 is 0 Å². The third kappa shape index (κ3) is 4.74. The standard InChI is InChI=1S/C25H29BrFNO2.ClH/c1-29-23-10-19(9-21(26)24(23)30-15-20-4-2-3-5-22(20)27)14-28-25-11-16-6-17(12-25)8-18(7-16)13-25;/h2-5,9-10,16-18,28H,6-8,11-15H2,1H3;1H. The number of nitrogens with one attached hydrogen (secondary N) is 1. The molecule has 3 nitrogen and oxygen atoms in total. The summed E-state index contributed by atoms with van der Waals surface area (Å²) >= 11 is 3.64. The summed E-state index contributed by atoms with van der Waals surface area (Å²) in [5.74, 6) is 3.81. The Hall–Kier alpha value is -1.30. The van der Waals surface area contributed by atoms with Crippen molar-refractivity contribution in [1.82, 2.24) is 5.32 Å². The van der Waals surface area contributed by atoms with Crippen molar-refractivity contribution in [3.63, 3.8) is 0 Å². The van der Waals surface area contributed by atoms with Crippen molar-refractivity contribution in [3.05, 3.63) is 57.8 Å². The van der Waals surface area contributed by atoms with Crippen molar-refractivity contribution >= 4 is 28.3 Å². The average Bonchev–Trinajstić information content (AvgIpc) is 2.71. The molecule has 4 saturated carbocycles. The van der Waals surface area contributed by atoms with Gasteiger partial charge < -0.3 is 14.8 Å². The minimum absolute atomic E-state index is 0. The Labute approximate surface area is 198 Å². The van der Waals surface area contributed by atoms with E-state index in [-0.39, 0.29) is 24.8 Å². The average molecular weight is 511 g/mol. The van der Waals surface area contributed by atoms with Gasteiger partial charge in [-0.15, -0.1) is 12.4 Å². The van der Waals surface area contributed by atoms with Crippen LogP contribution in [0.5, 0.6) is 11.5 Å². The Bertz CT molecular complexity index is 902. The van der Waals surface area contributed by atoms with Gasteiger partial charge in [0.15, 0.2) is 11.5 Å². The van der Waals surface area contributed by atoms with Crippen molar-refractivity contribution < 1.29 is 13.9 Å². The Morgan fingerprint density at radius 3 is 2.32 bits per heavy atom. The SMILES string of the molecule is COc1cc(CNC23CC4CC(CC(C4)C2)C3)cc(Br)c1OCc1ccccc1F.Cl. The molecule has 0 saturated heterocycles. The lowest BCUT2D eigenvalue weighted by molar-refractivity contribution is -0.0206. The smallest absolute Gasteiger partial charge is 0.175 e. The maximum atomic E-state index is 13.9. The molecular formula is C25H30BrClFNO2. The monoisotopic (exact) mass is 509 g/mol. The molecule has 0 spiro atoms. The van der Waals surface area contributed by atoms with Gasteiger partial charge in [0, 0.05) is 17.6 Å². The van der Waals surface area contributed by atoms with Gasteiger partial charge in [-0.2, -0.15) is 0 Å². The third-order valence-corrected chi connectivity index (χ3v) is 7.91. The van der Waals surface area contributed by atoms with Crippen LogP contribution >= 0.6 is 28.3 Å². The molecule has 6 heteroatoms. The topological polar surface area (TPSA) is 30.5 Å². The number of hydrogen-bond acceptors (Lipinski definition) is 3. The highest BCUT2D eigenvalue weighted by molar-refractivity contribution is 9.10. The second-order valence-corrected chi connectivity index (χ2v) is 10.4. The summed E-state index contributed by atoms with van der Waals surface area (Å²) in [6.45, 7) is 0.987. The lowest BCUT2D eigenvalue weighted by Gasteiger charge is -2.57. The van der Waals surface area contributed by atoms with Gasteiger partial charge in [0.05, 0.1) is 11.6 Å². The van der Waals surface area contributed by atoms with Gasteiger partial charge in [-0.3, -0.25) is 0 Å². The van der Waals surface area contributed by atoms with Crippen molar-refractivity contribution in [2.45, 2.75) is 57.2 Å². The Kier molecular flexibility index (Phi) is 6.85. The molecule has 0 aromatic heterocycles. The van der Waals surface area contributed by atoms with E-state index in [2.05, 4.69) is 27.3 Å². The van der Waals surface area contributed by atoms with E-state index in [9.17, 15) is 4.39 Å². The zero-order chi connectivity index (χ0) is 20.7. The number of benzene rings is 2. The first kappa shape index (κ1) is 22.9.